The Hall–Kier alpha value is -2.08. The summed E-state index contributed by atoms with van der Waals surface area (Å²) < 4.78 is 0. The Morgan fingerprint density at radius 1 is 0.739 bits per heavy atom. The summed E-state index contributed by atoms with van der Waals surface area (Å²) in [5.74, 6) is -0.687. The lowest BCUT2D eigenvalue weighted by Crippen LogP contribution is -2.56. The Kier molecular flexibility index (Phi) is 4.81. The Labute approximate surface area is 137 Å². The molecular weight excluding hydrogens is 292 g/mol. The van der Waals surface area contributed by atoms with Crippen LogP contribution >= 0.6 is 0 Å². The predicted octanol–water partition coefficient (Wildman–Crippen LogP) is 0.109. The number of likely N-dealkylation sites (N-methyl/N-ethyl adjacent to an activating group) is 1. The first-order chi connectivity index (χ1) is 11.1. The van der Waals surface area contributed by atoms with E-state index in [1.165, 1.54) is 5.69 Å². The van der Waals surface area contributed by atoms with Crippen molar-refractivity contribution >= 4 is 17.5 Å². The maximum Gasteiger partial charge on any atom is 0.312 e. The molecule has 124 valence electrons. The number of nitrogens with zero attached hydrogens (tertiary/aromatic N) is 4. The maximum atomic E-state index is 12.4. The monoisotopic (exact) mass is 316 g/mol. The first kappa shape index (κ1) is 15.8. The van der Waals surface area contributed by atoms with Gasteiger partial charge < -0.3 is 19.6 Å². The van der Waals surface area contributed by atoms with E-state index in [9.17, 15) is 9.59 Å². The molecule has 6 nitrogen and oxygen atoms in total. The molecule has 0 radical (unpaired) electrons. The van der Waals surface area contributed by atoms with Crippen LogP contribution < -0.4 is 4.90 Å². The van der Waals surface area contributed by atoms with E-state index < -0.39 is 0 Å². The van der Waals surface area contributed by atoms with Crippen LogP contribution in [0.3, 0.4) is 0 Å². The fourth-order valence-corrected chi connectivity index (χ4v) is 3.09. The molecule has 0 spiro atoms. The van der Waals surface area contributed by atoms with Gasteiger partial charge in [0.25, 0.3) is 0 Å². The van der Waals surface area contributed by atoms with Crippen molar-refractivity contribution in [1.82, 2.24) is 14.7 Å². The molecule has 3 rings (SSSR count). The molecule has 0 N–H and O–H groups in total. The van der Waals surface area contributed by atoms with E-state index in [0.29, 0.717) is 26.2 Å². The van der Waals surface area contributed by atoms with Crippen molar-refractivity contribution in [3.8, 4) is 0 Å². The van der Waals surface area contributed by atoms with Crippen LogP contribution in [0.25, 0.3) is 0 Å². The Morgan fingerprint density at radius 3 is 1.74 bits per heavy atom. The number of carbonyl (C=O) groups is 2. The molecular formula is C17H24N4O2. The fraction of sp³-hybridized carbons (Fsp3) is 0.529. The number of amides is 2. The van der Waals surface area contributed by atoms with Crippen molar-refractivity contribution in [2.75, 3.05) is 64.3 Å². The van der Waals surface area contributed by atoms with E-state index in [2.05, 4.69) is 21.9 Å². The van der Waals surface area contributed by atoms with Crippen LogP contribution in [0, 0.1) is 0 Å². The molecule has 2 fully saturated rings. The smallest absolute Gasteiger partial charge is 0.312 e. The molecule has 2 heterocycles. The summed E-state index contributed by atoms with van der Waals surface area (Å²) in [7, 11) is 2.03. The molecule has 0 aromatic heterocycles. The summed E-state index contributed by atoms with van der Waals surface area (Å²) in [5, 5.41) is 0. The van der Waals surface area contributed by atoms with E-state index >= 15 is 0 Å². The lowest BCUT2D eigenvalue weighted by molar-refractivity contribution is -0.152. The average molecular weight is 316 g/mol. The van der Waals surface area contributed by atoms with Crippen molar-refractivity contribution in [2.45, 2.75) is 0 Å². The molecule has 2 aliphatic rings. The highest BCUT2D eigenvalue weighted by Gasteiger charge is 2.30. The van der Waals surface area contributed by atoms with E-state index in [4.69, 9.17) is 0 Å². The second kappa shape index (κ2) is 7.00. The number of piperazine rings is 2. The minimum absolute atomic E-state index is 0.341. The highest BCUT2D eigenvalue weighted by atomic mass is 16.2. The largest absolute Gasteiger partial charge is 0.368 e. The number of para-hydroxylation sites is 1. The minimum Gasteiger partial charge on any atom is -0.368 e. The van der Waals surface area contributed by atoms with Gasteiger partial charge in [-0.2, -0.15) is 0 Å². The van der Waals surface area contributed by atoms with Crippen LogP contribution in [0.4, 0.5) is 5.69 Å². The van der Waals surface area contributed by atoms with Gasteiger partial charge in [-0.3, -0.25) is 9.59 Å². The van der Waals surface area contributed by atoms with Crippen molar-refractivity contribution in [3.05, 3.63) is 30.3 Å². The van der Waals surface area contributed by atoms with Gasteiger partial charge in [0.15, 0.2) is 0 Å². The van der Waals surface area contributed by atoms with E-state index in [1.54, 1.807) is 9.80 Å². The van der Waals surface area contributed by atoms with Gasteiger partial charge in [0.1, 0.15) is 0 Å². The third-order valence-electron chi connectivity index (χ3n) is 4.66. The zero-order valence-corrected chi connectivity index (χ0v) is 13.6. The zero-order chi connectivity index (χ0) is 16.2. The normalized spacial score (nSPS) is 19.8. The SMILES string of the molecule is CN1CCN(C(=O)C(=O)N2CCN(c3ccccc3)CC2)CC1. The number of rotatable bonds is 1. The maximum absolute atomic E-state index is 12.4. The number of carbonyl (C=O) groups excluding carboxylic acids is 2. The highest BCUT2D eigenvalue weighted by molar-refractivity contribution is 6.34. The van der Waals surface area contributed by atoms with E-state index in [1.807, 2.05) is 25.2 Å². The summed E-state index contributed by atoms with van der Waals surface area (Å²) in [6.45, 7) is 5.70. The molecule has 6 heteroatoms. The van der Waals surface area contributed by atoms with Crippen molar-refractivity contribution < 1.29 is 9.59 Å². The summed E-state index contributed by atoms with van der Waals surface area (Å²) in [6.07, 6.45) is 0. The second-order valence-electron chi connectivity index (χ2n) is 6.21. The van der Waals surface area contributed by atoms with Crippen LogP contribution in [0.1, 0.15) is 0 Å². The van der Waals surface area contributed by atoms with Gasteiger partial charge >= 0.3 is 11.8 Å². The van der Waals surface area contributed by atoms with Gasteiger partial charge in [0, 0.05) is 58.0 Å². The van der Waals surface area contributed by atoms with Crippen molar-refractivity contribution in [3.63, 3.8) is 0 Å². The summed E-state index contributed by atoms with van der Waals surface area (Å²) in [5.41, 5.74) is 1.17. The minimum atomic E-state index is -0.345. The van der Waals surface area contributed by atoms with Crippen LogP contribution in [0.15, 0.2) is 30.3 Å². The van der Waals surface area contributed by atoms with Crippen LogP contribution in [-0.4, -0.2) is 85.9 Å². The molecule has 2 aliphatic heterocycles. The molecule has 1 aromatic carbocycles. The molecule has 2 saturated heterocycles. The number of hydrogen-bond acceptors (Lipinski definition) is 4. The molecule has 0 aliphatic carbocycles. The van der Waals surface area contributed by atoms with E-state index in [-0.39, 0.29) is 11.8 Å². The topological polar surface area (TPSA) is 47.1 Å². The third-order valence-corrected chi connectivity index (χ3v) is 4.66. The van der Waals surface area contributed by atoms with E-state index in [0.717, 1.165) is 26.2 Å². The Balaban J connectivity index is 1.53. The Morgan fingerprint density at radius 2 is 1.22 bits per heavy atom. The summed E-state index contributed by atoms with van der Waals surface area (Å²) in [4.78, 5) is 32.6. The number of hydrogen-bond donors (Lipinski definition) is 0. The number of anilines is 1. The fourth-order valence-electron chi connectivity index (χ4n) is 3.09. The van der Waals surface area contributed by atoms with Gasteiger partial charge in [-0.25, -0.2) is 0 Å². The van der Waals surface area contributed by atoms with Gasteiger partial charge in [0.05, 0.1) is 0 Å². The van der Waals surface area contributed by atoms with Gasteiger partial charge in [0.2, 0.25) is 0 Å². The van der Waals surface area contributed by atoms with Gasteiger partial charge in [-0.15, -0.1) is 0 Å². The quantitative estimate of drug-likeness (QED) is 0.690. The molecule has 0 saturated carbocycles. The molecule has 1 aromatic rings. The first-order valence-corrected chi connectivity index (χ1v) is 8.22. The average Bonchev–Trinajstić information content (AvgIpc) is 2.62. The lowest BCUT2D eigenvalue weighted by Gasteiger charge is -2.37. The molecule has 0 bridgehead atoms. The molecule has 0 atom stereocenters. The second-order valence-corrected chi connectivity index (χ2v) is 6.21. The molecule has 23 heavy (non-hydrogen) atoms. The van der Waals surface area contributed by atoms with Crippen LogP contribution in [0.5, 0.6) is 0 Å². The van der Waals surface area contributed by atoms with Crippen molar-refractivity contribution in [2.24, 2.45) is 0 Å². The first-order valence-electron chi connectivity index (χ1n) is 8.22. The highest BCUT2D eigenvalue weighted by Crippen LogP contribution is 2.16. The predicted molar refractivity (Wildman–Crippen MR) is 89.3 cm³/mol. The molecule has 0 unspecified atom stereocenters. The molecule has 2 amide bonds. The Bertz CT molecular complexity index is 547. The van der Waals surface area contributed by atoms with Crippen LogP contribution in [-0.2, 0) is 9.59 Å². The number of benzene rings is 1. The summed E-state index contributed by atoms with van der Waals surface area (Å²) in [6, 6.07) is 10.2. The zero-order valence-electron chi connectivity index (χ0n) is 13.6. The van der Waals surface area contributed by atoms with Crippen molar-refractivity contribution in [1.29, 1.82) is 0 Å². The van der Waals surface area contributed by atoms with Gasteiger partial charge in [-0.05, 0) is 19.2 Å². The van der Waals surface area contributed by atoms with Gasteiger partial charge in [-0.1, -0.05) is 18.2 Å². The lowest BCUT2D eigenvalue weighted by atomic mass is 10.2. The van der Waals surface area contributed by atoms with Crippen LogP contribution in [0.2, 0.25) is 0 Å². The third kappa shape index (κ3) is 3.64. The summed E-state index contributed by atoms with van der Waals surface area (Å²) >= 11 is 0. The standard InChI is InChI=1S/C17H24N4O2/c1-18-7-9-20(10-8-18)16(22)17(23)21-13-11-19(12-14-21)15-5-3-2-4-6-15/h2-6H,7-14H2,1H3.